The number of benzene rings is 4. The zero-order valence-electron chi connectivity index (χ0n) is 21.0. The number of ether oxygens (including phenoxy) is 2. The van der Waals surface area contributed by atoms with E-state index in [1.807, 2.05) is 72.8 Å². The van der Waals surface area contributed by atoms with E-state index in [0.29, 0.717) is 39.9 Å². The molecule has 0 aliphatic carbocycles. The van der Waals surface area contributed by atoms with Crippen LogP contribution in [0.2, 0.25) is 0 Å². The number of hydrogen-bond donors (Lipinski definition) is 0. The molecule has 2 aromatic heterocycles. The summed E-state index contributed by atoms with van der Waals surface area (Å²) in [4.78, 5) is 26.6. The summed E-state index contributed by atoms with van der Waals surface area (Å²) in [7, 11) is 0. The van der Waals surface area contributed by atoms with Crippen molar-refractivity contribution < 1.29 is 18.3 Å². The first-order chi connectivity index (χ1) is 19.2. The molecule has 0 amide bonds. The van der Waals surface area contributed by atoms with Crippen molar-refractivity contribution in [1.29, 1.82) is 0 Å². The van der Waals surface area contributed by atoms with Crippen LogP contribution in [0.5, 0.6) is 11.5 Å². The molecule has 6 aromatic rings. The summed E-state index contributed by atoms with van der Waals surface area (Å²) in [5.74, 6) is 1.05. The molecular formula is C33H24O6. The predicted octanol–water partition coefficient (Wildman–Crippen LogP) is 7.08. The molecule has 0 unspecified atom stereocenters. The zero-order valence-corrected chi connectivity index (χ0v) is 21.0. The summed E-state index contributed by atoms with van der Waals surface area (Å²) < 4.78 is 24.2. The second kappa shape index (κ2) is 10.7. The maximum Gasteiger partial charge on any atom is 0.235 e. The van der Waals surface area contributed by atoms with E-state index < -0.39 is 0 Å². The molecule has 192 valence electrons. The summed E-state index contributed by atoms with van der Waals surface area (Å²) in [6, 6.07) is 33.0. The van der Waals surface area contributed by atoms with Gasteiger partial charge < -0.3 is 18.3 Å². The third-order valence-corrected chi connectivity index (χ3v) is 6.37. The predicted molar refractivity (Wildman–Crippen MR) is 151 cm³/mol. The Morgan fingerprint density at radius 2 is 0.872 bits per heavy atom. The van der Waals surface area contributed by atoms with E-state index >= 15 is 0 Å². The average molecular weight is 517 g/mol. The highest BCUT2D eigenvalue weighted by Crippen LogP contribution is 2.32. The van der Waals surface area contributed by atoms with Crippen LogP contribution in [0, 0.1) is 0 Å². The van der Waals surface area contributed by atoms with Crippen molar-refractivity contribution >= 4 is 21.9 Å². The minimum Gasteiger partial charge on any atom is -0.486 e. The third kappa shape index (κ3) is 4.80. The fourth-order valence-corrected chi connectivity index (χ4v) is 4.48. The molecule has 0 saturated carbocycles. The van der Waals surface area contributed by atoms with Crippen molar-refractivity contribution in [2.24, 2.45) is 0 Å². The van der Waals surface area contributed by atoms with Gasteiger partial charge in [0.2, 0.25) is 22.4 Å². The molecule has 0 saturated heterocycles. The van der Waals surface area contributed by atoms with E-state index in [2.05, 4.69) is 0 Å². The van der Waals surface area contributed by atoms with Crippen LogP contribution in [0.1, 0.15) is 6.42 Å². The Kier molecular flexibility index (Phi) is 6.66. The minimum atomic E-state index is -0.238. The lowest BCUT2D eigenvalue weighted by molar-refractivity contribution is 0.241. The Labute approximate surface area is 223 Å². The number of rotatable bonds is 8. The van der Waals surface area contributed by atoms with E-state index in [4.69, 9.17) is 18.3 Å². The lowest BCUT2D eigenvalue weighted by atomic mass is 10.1. The highest BCUT2D eigenvalue weighted by molar-refractivity contribution is 5.83. The van der Waals surface area contributed by atoms with Crippen LogP contribution < -0.4 is 20.3 Å². The molecule has 4 aromatic carbocycles. The van der Waals surface area contributed by atoms with Gasteiger partial charge in [0, 0.05) is 17.5 Å². The highest BCUT2D eigenvalue weighted by atomic mass is 16.5. The SMILES string of the molecule is O=c1c(OCCCOc2c(-c3ccccc3)oc3ccccc3c2=O)c(-c2ccccc2)oc2ccccc12. The Bertz CT molecular complexity index is 1730. The van der Waals surface area contributed by atoms with Crippen LogP contribution in [0.3, 0.4) is 0 Å². The number of hydrogen-bond acceptors (Lipinski definition) is 6. The maximum atomic E-state index is 13.3. The van der Waals surface area contributed by atoms with Crippen molar-refractivity contribution in [3.63, 3.8) is 0 Å². The molecule has 39 heavy (non-hydrogen) atoms. The fourth-order valence-electron chi connectivity index (χ4n) is 4.48. The quantitative estimate of drug-likeness (QED) is 0.201. The molecule has 0 bridgehead atoms. The third-order valence-electron chi connectivity index (χ3n) is 6.37. The molecule has 0 atom stereocenters. The summed E-state index contributed by atoms with van der Waals surface area (Å²) in [5.41, 5.74) is 2.00. The van der Waals surface area contributed by atoms with Gasteiger partial charge in [0.25, 0.3) is 0 Å². The molecule has 0 aliphatic rings. The second-order valence-corrected chi connectivity index (χ2v) is 8.95. The Morgan fingerprint density at radius 3 is 1.31 bits per heavy atom. The number of fused-ring (bicyclic) bond motifs is 2. The van der Waals surface area contributed by atoms with Gasteiger partial charge in [0.05, 0.1) is 24.0 Å². The van der Waals surface area contributed by atoms with Crippen molar-refractivity contribution in [2.45, 2.75) is 6.42 Å². The van der Waals surface area contributed by atoms with Gasteiger partial charge in [-0.05, 0) is 24.3 Å². The standard InChI is InChI=1S/C33H24O6/c34-28-24-16-7-9-18-26(24)38-30(22-12-3-1-4-13-22)32(28)36-20-11-21-37-33-29(35)25-17-8-10-19-27(25)39-31(33)23-14-5-2-6-15-23/h1-10,12-19H,11,20-21H2. The monoisotopic (exact) mass is 516 g/mol. The summed E-state index contributed by atoms with van der Waals surface area (Å²) in [6.45, 7) is 0.366. The lowest BCUT2D eigenvalue weighted by Crippen LogP contribution is -2.15. The van der Waals surface area contributed by atoms with Crippen LogP contribution in [-0.4, -0.2) is 13.2 Å². The van der Waals surface area contributed by atoms with E-state index in [-0.39, 0.29) is 35.6 Å². The van der Waals surface area contributed by atoms with Crippen molar-refractivity contribution in [2.75, 3.05) is 13.2 Å². The minimum absolute atomic E-state index is 0.148. The van der Waals surface area contributed by atoms with Gasteiger partial charge in [-0.2, -0.15) is 0 Å². The molecule has 6 rings (SSSR count). The van der Waals surface area contributed by atoms with Gasteiger partial charge >= 0.3 is 0 Å². The lowest BCUT2D eigenvalue weighted by Gasteiger charge is -2.13. The average Bonchev–Trinajstić information content (AvgIpc) is 2.99. The Hall–Kier alpha value is -5.10. The Balaban J connectivity index is 1.25. The topological polar surface area (TPSA) is 78.9 Å². The molecule has 6 nitrogen and oxygen atoms in total. The van der Waals surface area contributed by atoms with Crippen LogP contribution in [-0.2, 0) is 0 Å². The van der Waals surface area contributed by atoms with E-state index in [0.717, 1.165) is 11.1 Å². The van der Waals surface area contributed by atoms with Crippen molar-refractivity contribution in [3.8, 4) is 34.1 Å². The van der Waals surface area contributed by atoms with E-state index in [1.165, 1.54) is 0 Å². The normalized spacial score (nSPS) is 11.1. The summed E-state index contributed by atoms with van der Waals surface area (Å²) in [5, 5.41) is 0.898. The van der Waals surface area contributed by atoms with Gasteiger partial charge in [-0.3, -0.25) is 9.59 Å². The van der Waals surface area contributed by atoms with Gasteiger partial charge in [-0.15, -0.1) is 0 Å². The molecule has 0 fully saturated rings. The molecule has 0 radical (unpaired) electrons. The van der Waals surface area contributed by atoms with Crippen molar-refractivity contribution in [3.05, 3.63) is 130 Å². The molecule has 2 heterocycles. The zero-order chi connectivity index (χ0) is 26.6. The molecule has 0 N–H and O–H groups in total. The first-order valence-electron chi connectivity index (χ1n) is 12.7. The maximum absolute atomic E-state index is 13.3. The van der Waals surface area contributed by atoms with Gasteiger partial charge in [-0.1, -0.05) is 84.9 Å². The fraction of sp³-hybridized carbons (Fsp3) is 0.0909. The van der Waals surface area contributed by atoms with Gasteiger partial charge in [0.15, 0.2) is 11.5 Å². The van der Waals surface area contributed by atoms with Gasteiger partial charge in [-0.25, -0.2) is 0 Å². The summed E-state index contributed by atoms with van der Waals surface area (Å²) in [6.07, 6.45) is 0.418. The van der Waals surface area contributed by atoms with Crippen LogP contribution in [0.25, 0.3) is 44.6 Å². The molecular weight excluding hydrogens is 492 g/mol. The van der Waals surface area contributed by atoms with Crippen LogP contribution >= 0.6 is 0 Å². The van der Waals surface area contributed by atoms with Crippen LogP contribution in [0.15, 0.2) is 128 Å². The van der Waals surface area contributed by atoms with Crippen molar-refractivity contribution in [1.82, 2.24) is 0 Å². The second-order valence-electron chi connectivity index (χ2n) is 8.95. The highest BCUT2D eigenvalue weighted by Gasteiger charge is 2.19. The van der Waals surface area contributed by atoms with E-state index in [9.17, 15) is 9.59 Å². The first kappa shape index (κ1) is 24.2. The first-order valence-corrected chi connectivity index (χ1v) is 12.7. The van der Waals surface area contributed by atoms with Gasteiger partial charge in [0.1, 0.15) is 11.2 Å². The molecule has 0 spiro atoms. The Morgan fingerprint density at radius 1 is 0.487 bits per heavy atom. The molecule has 6 heteroatoms. The van der Waals surface area contributed by atoms with E-state index in [1.54, 1.807) is 36.4 Å². The number of para-hydroxylation sites is 2. The summed E-state index contributed by atoms with van der Waals surface area (Å²) >= 11 is 0. The molecule has 0 aliphatic heterocycles. The van der Waals surface area contributed by atoms with Crippen LogP contribution in [0.4, 0.5) is 0 Å². The largest absolute Gasteiger partial charge is 0.486 e. The smallest absolute Gasteiger partial charge is 0.235 e.